The molecule has 0 aliphatic carbocycles. The first-order valence-corrected chi connectivity index (χ1v) is 5.21. The Kier molecular flexibility index (Phi) is 3.33. The Balaban J connectivity index is 2.79. The Labute approximate surface area is 79.2 Å². The Morgan fingerprint density at radius 1 is 1.64 bits per heavy atom. The largest absolute Gasteiger partial charge is 0.365 e. The van der Waals surface area contributed by atoms with Crippen molar-refractivity contribution >= 4 is 32.4 Å². The second kappa shape index (κ2) is 4.07. The highest BCUT2D eigenvalue weighted by Gasteiger charge is 2.05. The Hall–Kier alpha value is -0.0900. The summed E-state index contributed by atoms with van der Waals surface area (Å²) in [7, 11) is 1.89. The molecule has 0 aromatic carbocycles. The zero-order valence-corrected chi connectivity index (χ0v) is 9.05. The van der Waals surface area contributed by atoms with Crippen molar-refractivity contribution in [2.75, 3.05) is 12.4 Å². The van der Waals surface area contributed by atoms with E-state index >= 15 is 0 Å². The fourth-order valence-electron chi connectivity index (χ4n) is 0.821. The second-order valence-electron chi connectivity index (χ2n) is 2.23. The van der Waals surface area contributed by atoms with Crippen LogP contribution in [0.3, 0.4) is 0 Å². The van der Waals surface area contributed by atoms with Gasteiger partial charge in [0.1, 0.15) is 4.60 Å². The van der Waals surface area contributed by atoms with Crippen LogP contribution < -0.4 is 5.32 Å². The summed E-state index contributed by atoms with van der Waals surface area (Å²) in [6.07, 6.45) is 2.28. The molecule has 1 rings (SSSR count). The summed E-state index contributed by atoms with van der Waals surface area (Å²) >= 11 is 5.13. The van der Waals surface area contributed by atoms with Gasteiger partial charge in [-0.25, -0.2) is 4.98 Å². The molecule has 0 amide bonds. The van der Waals surface area contributed by atoms with Crippen LogP contribution in [0.15, 0.2) is 4.60 Å². The van der Waals surface area contributed by atoms with Gasteiger partial charge in [0.15, 0.2) is 5.13 Å². The van der Waals surface area contributed by atoms with Gasteiger partial charge in [0.05, 0.1) is 0 Å². The van der Waals surface area contributed by atoms with Crippen LogP contribution in [0.2, 0.25) is 0 Å². The first-order chi connectivity index (χ1) is 5.27. The van der Waals surface area contributed by atoms with Crippen molar-refractivity contribution in [1.29, 1.82) is 0 Å². The van der Waals surface area contributed by atoms with E-state index in [1.54, 1.807) is 11.3 Å². The third-order valence-corrected chi connectivity index (χ3v) is 3.39. The molecular weight excluding hydrogens is 224 g/mol. The highest BCUT2D eigenvalue weighted by molar-refractivity contribution is 9.10. The van der Waals surface area contributed by atoms with Crippen molar-refractivity contribution in [3.63, 3.8) is 0 Å². The summed E-state index contributed by atoms with van der Waals surface area (Å²) in [5, 5.41) is 4.01. The van der Waals surface area contributed by atoms with Gasteiger partial charge in [-0.05, 0) is 22.4 Å². The molecule has 1 aromatic rings. The lowest BCUT2D eigenvalue weighted by Crippen LogP contribution is -1.83. The van der Waals surface area contributed by atoms with Gasteiger partial charge in [0, 0.05) is 11.9 Å². The Morgan fingerprint density at radius 3 is 2.82 bits per heavy atom. The van der Waals surface area contributed by atoms with E-state index in [-0.39, 0.29) is 0 Å². The molecule has 0 aliphatic rings. The summed E-state index contributed by atoms with van der Waals surface area (Å²) < 4.78 is 0.994. The molecule has 0 saturated carbocycles. The van der Waals surface area contributed by atoms with Crippen LogP contribution >= 0.6 is 27.3 Å². The molecule has 0 unspecified atom stereocenters. The van der Waals surface area contributed by atoms with Gasteiger partial charge in [-0.15, -0.1) is 11.3 Å². The quantitative estimate of drug-likeness (QED) is 0.871. The van der Waals surface area contributed by atoms with E-state index in [1.807, 2.05) is 7.05 Å². The van der Waals surface area contributed by atoms with E-state index in [1.165, 1.54) is 11.3 Å². The van der Waals surface area contributed by atoms with Crippen LogP contribution in [-0.4, -0.2) is 12.0 Å². The number of aromatic nitrogens is 1. The smallest absolute Gasteiger partial charge is 0.183 e. The maximum atomic E-state index is 4.27. The topological polar surface area (TPSA) is 24.9 Å². The fourth-order valence-corrected chi connectivity index (χ4v) is 2.47. The van der Waals surface area contributed by atoms with Crippen LogP contribution in [-0.2, 0) is 6.42 Å². The normalized spacial score (nSPS) is 10.1. The molecule has 0 spiro atoms. The van der Waals surface area contributed by atoms with Gasteiger partial charge in [0.2, 0.25) is 0 Å². The fraction of sp³-hybridized carbons (Fsp3) is 0.571. The van der Waals surface area contributed by atoms with Crippen LogP contribution in [0.5, 0.6) is 0 Å². The van der Waals surface area contributed by atoms with Gasteiger partial charge in [-0.1, -0.05) is 13.3 Å². The molecule has 62 valence electrons. The highest BCUT2D eigenvalue weighted by Crippen LogP contribution is 2.27. The standard InChI is InChI=1S/C7H11BrN2S/c1-3-4-5-6(8)10-7(9-2)11-5/h3-4H2,1-2H3,(H,9,10). The van der Waals surface area contributed by atoms with Crippen LogP contribution in [0.25, 0.3) is 0 Å². The molecular formula is C7H11BrN2S. The number of nitrogens with zero attached hydrogens (tertiary/aromatic N) is 1. The lowest BCUT2D eigenvalue weighted by Gasteiger charge is -1.89. The zero-order valence-electron chi connectivity index (χ0n) is 6.65. The molecule has 11 heavy (non-hydrogen) atoms. The molecule has 2 nitrogen and oxygen atoms in total. The van der Waals surface area contributed by atoms with Gasteiger partial charge in [-0.2, -0.15) is 0 Å². The van der Waals surface area contributed by atoms with Crippen molar-refractivity contribution in [3.8, 4) is 0 Å². The summed E-state index contributed by atoms with van der Waals surface area (Å²) in [5.41, 5.74) is 0. The SMILES string of the molecule is CCCc1sc(NC)nc1Br. The maximum absolute atomic E-state index is 4.27. The number of anilines is 1. The molecule has 0 bridgehead atoms. The monoisotopic (exact) mass is 234 g/mol. The Morgan fingerprint density at radius 2 is 2.36 bits per heavy atom. The number of rotatable bonds is 3. The lowest BCUT2D eigenvalue weighted by atomic mass is 10.3. The molecule has 0 saturated heterocycles. The van der Waals surface area contributed by atoms with E-state index in [4.69, 9.17) is 0 Å². The van der Waals surface area contributed by atoms with Crippen LogP contribution in [0.4, 0.5) is 5.13 Å². The number of hydrogen-bond acceptors (Lipinski definition) is 3. The van der Waals surface area contributed by atoms with Crippen LogP contribution in [0, 0.1) is 0 Å². The molecule has 0 atom stereocenters. The number of aryl methyl sites for hydroxylation is 1. The zero-order chi connectivity index (χ0) is 8.27. The second-order valence-corrected chi connectivity index (χ2v) is 4.07. The van der Waals surface area contributed by atoms with E-state index in [2.05, 4.69) is 33.2 Å². The lowest BCUT2D eigenvalue weighted by molar-refractivity contribution is 0.930. The average Bonchev–Trinajstić information content (AvgIpc) is 2.33. The van der Waals surface area contributed by atoms with Gasteiger partial charge in [-0.3, -0.25) is 0 Å². The third-order valence-electron chi connectivity index (χ3n) is 1.34. The molecule has 1 N–H and O–H groups in total. The average molecular weight is 235 g/mol. The molecule has 1 aromatic heterocycles. The van der Waals surface area contributed by atoms with E-state index in [9.17, 15) is 0 Å². The molecule has 1 heterocycles. The number of hydrogen-bond donors (Lipinski definition) is 1. The minimum atomic E-state index is 0.986. The predicted octanol–water partition coefficient (Wildman–Crippen LogP) is 2.90. The van der Waals surface area contributed by atoms with Crippen molar-refractivity contribution in [1.82, 2.24) is 4.98 Å². The summed E-state index contributed by atoms with van der Waals surface area (Å²) in [6.45, 7) is 2.17. The summed E-state index contributed by atoms with van der Waals surface area (Å²) in [4.78, 5) is 5.60. The predicted molar refractivity (Wildman–Crippen MR) is 53.4 cm³/mol. The van der Waals surface area contributed by atoms with Crippen molar-refractivity contribution in [3.05, 3.63) is 9.48 Å². The van der Waals surface area contributed by atoms with Crippen molar-refractivity contribution in [2.45, 2.75) is 19.8 Å². The molecule has 4 heteroatoms. The van der Waals surface area contributed by atoms with Gasteiger partial charge < -0.3 is 5.32 Å². The maximum Gasteiger partial charge on any atom is 0.183 e. The van der Waals surface area contributed by atoms with Gasteiger partial charge in [0.25, 0.3) is 0 Å². The first-order valence-electron chi connectivity index (χ1n) is 3.61. The van der Waals surface area contributed by atoms with Crippen molar-refractivity contribution in [2.24, 2.45) is 0 Å². The Bertz CT molecular complexity index is 234. The number of nitrogens with one attached hydrogen (secondary N) is 1. The third kappa shape index (κ3) is 2.17. The van der Waals surface area contributed by atoms with Crippen LogP contribution in [0.1, 0.15) is 18.2 Å². The van der Waals surface area contributed by atoms with Crippen molar-refractivity contribution < 1.29 is 0 Å². The number of halogens is 1. The van der Waals surface area contributed by atoms with E-state index < -0.39 is 0 Å². The molecule has 0 radical (unpaired) electrons. The van der Waals surface area contributed by atoms with E-state index in [0.717, 1.165) is 16.2 Å². The number of thiazole rings is 1. The molecule has 0 fully saturated rings. The minimum Gasteiger partial charge on any atom is -0.365 e. The molecule has 0 aliphatic heterocycles. The highest BCUT2D eigenvalue weighted by atomic mass is 79.9. The first kappa shape index (κ1) is 9.00. The summed E-state index contributed by atoms with van der Waals surface area (Å²) in [6, 6.07) is 0. The van der Waals surface area contributed by atoms with E-state index in [0.29, 0.717) is 0 Å². The van der Waals surface area contributed by atoms with Gasteiger partial charge >= 0.3 is 0 Å². The minimum absolute atomic E-state index is 0.986. The summed E-state index contributed by atoms with van der Waals surface area (Å²) in [5.74, 6) is 0.